The van der Waals surface area contributed by atoms with Crippen LogP contribution in [0.25, 0.3) is 32.8 Å². The zero-order valence-electron chi connectivity index (χ0n) is 19.4. The molecule has 4 heterocycles. The number of H-pyrrole nitrogens is 1. The van der Waals surface area contributed by atoms with Gasteiger partial charge in [-0.15, -0.1) is 0 Å². The summed E-state index contributed by atoms with van der Waals surface area (Å²) in [6, 6.07) is 11.7. The Balaban J connectivity index is 1.63. The highest BCUT2D eigenvalue weighted by Crippen LogP contribution is 2.43. The number of carboxylic acid groups (broad SMARTS) is 1. The molecule has 0 radical (unpaired) electrons. The van der Waals surface area contributed by atoms with Crippen LogP contribution >= 0.6 is 0 Å². The lowest BCUT2D eigenvalue weighted by Gasteiger charge is -2.25. The molecule has 36 heavy (non-hydrogen) atoms. The molecule has 1 aliphatic heterocycles. The Morgan fingerprint density at radius 3 is 2.67 bits per heavy atom. The highest BCUT2D eigenvalue weighted by molar-refractivity contribution is 6.06. The van der Waals surface area contributed by atoms with Crippen LogP contribution in [0.1, 0.15) is 34.9 Å². The second-order valence-corrected chi connectivity index (χ2v) is 8.82. The molecule has 2 aromatic carbocycles. The van der Waals surface area contributed by atoms with Gasteiger partial charge in [-0.1, -0.05) is 12.1 Å². The molecule has 0 atom stereocenters. The minimum absolute atomic E-state index is 0.103. The third kappa shape index (κ3) is 3.85. The molecule has 1 saturated heterocycles. The molecule has 0 amide bonds. The van der Waals surface area contributed by atoms with Gasteiger partial charge in [0.2, 0.25) is 11.8 Å². The van der Waals surface area contributed by atoms with E-state index >= 15 is 0 Å². The Bertz CT molecular complexity index is 1600. The van der Waals surface area contributed by atoms with Crippen molar-refractivity contribution >= 4 is 27.6 Å². The number of aromatic carboxylic acids is 1. The summed E-state index contributed by atoms with van der Waals surface area (Å²) in [7, 11) is 1.61. The van der Waals surface area contributed by atoms with Crippen LogP contribution in [0.15, 0.2) is 48.7 Å². The van der Waals surface area contributed by atoms with E-state index in [0.29, 0.717) is 24.5 Å². The standard InChI is InChI=1S/C26H22FN5O4/c1-32-22(12-21(31-32)26(33)34)36-25-19-11-20-16(13-28-30-20)10-18(19)23(14-2-4-17(27)5-3-14)24(29-25)15-6-8-35-9-7-15/h2-5,10-13,15H,6-9H2,1H3,(H,28,30)(H,33,34). The van der Waals surface area contributed by atoms with Crippen LogP contribution in [-0.2, 0) is 11.8 Å². The first kappa shape index (κ1) is 22.2. The third-order valence-electron chi connectivity index (χ3n) is 6.55. The van der Waals surface area contributed by atoms with Crippen LogP contribution in [0, 0.1) is 5.82 Å². The van der Waals surface area contributed by atoms with Gasteiger partial charge in [0.05, 0.1) is 17.4 Å². The Labute approximate surface area is 204 Å². The molecular weight excluding hydrogens is 465 g/mol. The first-order valence-corrected chi connectivity index (χ1v) is 11.6. The number of rotatable bonds is 5. The van der Waals surface area contributed by atoms with E-state index in [0.717, 1.165) is 46.0 Å². The number of carboxylic acids is 1. The highest BCUT2D eigenvalue weighted by Gasteiger charge is 2.26. The maximum atomic E-state index is 13.8. The van der Waals surface area contributed by atoms with Gasteiger partial charge >= 0.3 is 5.97 Å². The number of nitrogens with one attached hydrogen (secondary N) is 1. The predicted molar refractivity (Wildman–Crippen MR) is 130 cm³/mol. The minimum atomic E-state index is -1.15. The molecule has 1 aliphatic rings. The van der Waals surface area contributed by atoms with Crippen molar-refractivity contribution < 1.29 is 23.8 Å². The van der Waals surface area contributed by atoms with Crippen molar-refractivity contribution in [1.29, 1.82) is 0 Å². The average Bonchev–Trinajstić information content (AvgIpc) is 3.50. The molecule has 2 N–H and O–H groups in total. The van der Waals surface area contributed by atoms with Gasteiger partial charge in [0.25, 0.3) is 0 Å². The lowest BCUT2D eigenvalue weighted by Crippen LogP contribution is -2.16. The number of benzene rings is 2. The molecule has 3 aromatic heterocycles. The molecule has 0 bridgehead atoms. The van der Waals surface area contributed by atoms with Gasteiger partial charge in [0.15, 0.2) is 5.69 Å². The van der Waals surface area contributed by atoms with E-state index in [1.165, 1.54) is 22.9 Å². The van der Waals surface area contributed by atoms with E-state index in [1.807, 2.05) is 12.1 Å². The van der Waals surface area contributed by atoms with Crippen molar-refractivity contribution in [2.24, 2.45) is 7.05 Å². The molecular formula is C26H22FN5O4. The summed E-state index contributed by atoms with van der Waals surface area (Å²) in [4.78, 5) is 16.4. The molecule has 1 fully saturated rings. The van der Waals surface area contributed by atoms with Crippen molar-refractivity contribution in [1.82, 2.24) is 25.0 Å². The maximum absolute atomic E-state index is 13.8. The van der Waals surface area contributed by atoms with E-state index in [2.05, 4.69) is 15.3 Å². The van der Waals surface area contributed by atoms with Crippen LogP contribution in [0.3, 0.4) is 0 Å². The van der Waals surface area contributed by atoms with Crippen LogP contribution in [0.2, 0.25) is 0 Å². The second kappa shape index (κ2) is 8.72. The summed E-state index contributed by atoms with van der Waals surface area (Å²) < 4.78 is 27.0. The summed E-state index contributed by atoms with van der Waals surface area (Å²) in [6.45, 7) is 1.24. The SMILES string of the molecule is Cn1nc(C(=O)O)cc1Oc1nc(C2CCOCC2)c(-c2ccc(F)cc2)c2cc3cn[nH]c3cc12. The number of aromatic nitrogens is 5. The van der Waals surface area contributed by atoms with Crippen molar-refractivity contribution in [2.45, 2.75) is 18.8 Å². The number of ether oxygens (including phenoxy) is 2. The topological polar surface area (TPSA) is 115 Å². The Morgan fingerprint density at radius 1 is 1.17 bits per heavy atom. The van der Waals surface area contributed by atoms with Gasteiger partial charge < -0.3 is 14.6 Å². The molecule has 10 heteroatoms. The molecule has 0 saturated carbocycles. The Hall–Kier alpha value is -4.31. The van der Waals surface area contributed by atoms with Gasteiger partial charge in [-0.05, 0) is 48.1 Å². The van der Waals surface area contributed by atoms with Crippen LogP contribution in [0.5, 0.6) is 11.8 Å². The van der Waals surface area contributed by atoms with Crippen molar-refractivity contribution in [2.75, 3.05) is 13.2 Å². The van der Waals surface area contributed by atoms with Crippen LogP contribution in [0.4, 0.5) is 4.39 Å². The number of pyridine rings is 1. The first-order chi connectivity index (χ1) is 17.5. The quantitative estimate of drug-likeness (QED) is 0.357. The van der Waals surface area contributed by atoms with Gasteiger partial charge in [0, 0.05) is 48.6 Å². The molecule has 0 unspecified atom stereocenters. The number of carbonyl (C=O) groups is 1. The van der Waals surface area contributed by atoms with Crippen molar-refractivity contribution in [3.05, 3.63) is 65.9 Å². The van der Waals surface area contributed by atoms with E-state index in [1.54, 1.807) is 25.4 Å². The average molecular weight is 487 g/mol. The normalized spacial score (nSPS) is 14.5. The second-order valence-electron chi connectivity index (χ2n) is 8.82. The first-order valence-electron chi connectivity index (χ1n) is 11.6. The molecule has 6 rings (SSSR count). The summed E-state index contributed by atoms with van der Waals surface area (Å²) in [6.07, 6.45) is 3.32. The summed E-state index contributed by atoms with van der Waals surface area (Å²) >= 11 is 0. The molecule has 5 aromatic rings. The summed E-state index contributed by atoms with van der Waals surface area (Å²) in [5.41, 5.74) is 3.26. The zero-order chi connectivity index (χ0) is 24.8. The third-order valence-corrected chi connectivity index (χ3v) is 6.55. The summed E-state index contributed by atoms with van der Waals surface area (Å²) in [5.74, 6) is -0.780. The number of halogens is 1. The lowest BCUT2D eigenvalue weighted by atomic mass is 9.87. The molecule has 182 valence electrons. The van der Waals surface area contributed by atoms with E-state index in [9.17, 15) is 14.3 Å². The van der Waals surface area contributed by atoms with Gasteiger partial charge in [-0.3, -0.25) is 5.10 Å². The number of aromatic amines is 1. The fourth-order valence-corrected chi connectivity index (χ4v) is 4.75. The van der Waals surface area contributed by atoms with Crippen LogP contribution in [-0.4, -0.2) is 49.3 Å². The Kier molecular flexibility index (Phi) is 5.37. The molecule has 0 spiro atoms. The summed E-state index contributed by atoms with van der Waals surface area (Å²) in [5, 5.41) is 23.0. The van der Waals surface area contributed by atoms with E-state index < -0.39 is 5.97 Å². The predicted octanol–water partition coefficient (Wildman–Crippen LogP) is 5.04. The largest absolute Gasteiger partial charge is 0.476 e. The fraction of sp³-hybridized carbons (Fsp3) is 0.231. The zero-order valence-corrected chi connectivity index (χ0v) is 19.4. The van der Waals surface area contributed by atoms with Gasteiger partial charge in [0.1, 0.15) is 5.82 Å². The van der Waals surface area contributed by atoms with E-state index in [-0.39, 0.29) is 23.3 Å². The van der Waals surface area contributed by atoms with Gasteiger partial charge in [-0.25, -0.2) is 18.9 Å². The molecule has 9 nitrogen and oxygen atoms in total. The number of aryl methyl sites for hydroxylation is 1. The Morgan fingerprint density at radius 2 is 1.94 bits per heavy atom. The van der Waals surface area contributed by atoms with Crippen molar-refractivity contribution in [3.63, 3.8) is 0 Å². The number of hydrogen-bond acceptors (Lipinski definition) is 6. The number of hydrogen-bond donors (Lipinski definition) is 2. The lowest BCUT2D eigenvalue weighted by molar-refractivity contribution is 0.0689. The van der Waals surface area contributed by atoms with Gasteiger partial charge in [-0.2, -0.15) is 10.2 Å². The van der Waals surface area contributed by atoms with E-state index in [4.69, 9.17) is 14.5 Å². The van der Waals surface area contributed by atoms with Crippen LogP contribution < -0.4 is 4.74 Å². The number of fused-ring (bicyclic) bond motifs is 2. The fourth-order valence-electron chi connectivity index (χ4n) is 4.75. The number of nitrogens with zero attached hydrogens (tertiary/aromatic N) is 4. The monoisotopic (exact) mass is 487 g/mol. The minimum Gasteiger partial charge on any atom is -0.476 e. The van der Waals surface area contributed by atoms with Crippen molar-refractivity contribution in [3.8, 4) is 22.9 Å². The smallest absolute Gasteiger partial charge is 0.356 e. The molecule has 0 aliphatic carbocycles. The highest BCUT2D eigenvalue weighted by atomic mass is 19.1. The maximum Gasteiger partial charge on any atom is 0.356 e.